The molecule has 0 saturated carbocycles. The first-order valence-corrected chi connectivity index (χ1v) is 4.52. The van der Waals surface area contributed by atoms with Crippen molar-refractivity contribution < 1.29 is 14.6 Å². The maximum atomic E-state index is 10.8. The fourth-order valence-corrected chi connectivity index (χ4v) is 1.12. The van der Waals surface area contributed by atoms with Crippen LogP contribution < -0.4 is 5.32 Å². The molecule has 1 aromatic heterocycles. The van der Waals surface area contributed by atoms with Gasteiger partial charge in [0.15, 0.2) is 0 Å². The Morgan fingerprint density at radius 3 is 3.12 bits per heavy atom. The number of hydrogen-bond acceptors (Lipinski definition) is 5. The Morgan fingerprint density at radius 1 is 1.81 bits per heavy atom. The molecular weight excluding hydrogens is 210 g/mol. The predicted molar refractivity (Wildman–Crippen MR) is 55.9 cm³/mol. The van der Waals surface area contributed by atoms with Crippen molar-refractivity contribution in [2.24, 2.45) is 0 Å². The summed E-state index contributed by atoms with van der Waals surface area (Å²) in [4.78, 5) is 14.6. The number of nitrogens with zero attached hydrogens (tertiary/aromatic N) is 2. The van der Waals surface area contributed by atoms with Gasteiger partial charge in [0, 0.05) is 19.0 Å². The van der Waals surface area contributed by atoms with Crippen molar-refractivity contribution in [3.8, 4) is 6.07 Å². The van der Waals surface area contributed by atoms with E-state index in [4.69, 9.17) is 15.1 Å². The summed E-state index contributed by atoms with van der Waals surface area (Å²) in [5.74, 6) is -1.02. The Labute approximate surface area is 92.5 Å². The van der Waals surface area contributed by atoms with Gasteiger partial charge in [-0.15, -0.1) is 0 Å². The monoisotopic (exact) mass is 221 g/mol. The molecule has 6 heteroatoms. The minimum Gasteiger partial charge on any atom is -0.480 e. The normalized spacial score (nSPS) is 11.5. The van der Waals surface area contributed by atoms with Crippen LogP contribution in [-0.2, 0) is 9.53 Å². The van der Waals surface area contributed by atoms with Crippen LogP contribution in [0.2, 0.25) is 0 Å². The van der Waals surface area contributed by atoms with Gasteiger partial charge in [0.2, 0.25) is 0 Å². The maximum absolute atomic E-state index is 10.8. The number of ether oxygens (including phenoxy) is 1. The van der Waals surface area contributed by atoms with Crippen LogP contribution in [0.25, 0.3) is 0 Å². The van der Waals surface area contributed by atoms with Gasteiger partial charge in [-0.3, -0.25) is 0 Å². The summed E-state index contributed by atoms with van der Waals surface area (Å²) in [7, 11) is 1.42. The third-order valence-corrected chi connectivity index (χ3v) is 1.85. The number of methoxy groups -OCH3 is 1. The molecule has 2 N–H and O–H groups in total. The third-order valence-electron chi connectivity index (χ3n) is 1.85. The van der Waals surface area contributed by atoms with Crippen LogP contribution in [0.3, 0.4) is 0 Å². The zero-order valence-corrected chi connectivity index (χ0v) is 8.67. The number of nitriles is 1. The molecule has 0 radical (unpaired) electrons. The van der Waals surface area contributed by atoms with Gasteiger partial charge in [-0.05, 0) is 12.1 Å². The van der Waals surface area contributed by atoms with E-state index in [1.165, 1.54) is 19.4 Å². The van der Waals surface area contributed by atoms with Crippen LogP contribution in [0.5, 0.6) is 0 Å². The van der Waals surface area contributed by atoms with Crippen LogP contribution in [0, 0.1) is 11.3 Å². The van der Waals surface area contributed by atoms with Gasteiger partial charge in [0.1, 0.15) is 17.8 Å². The molecule has 0 saturated heterocycles. The zero-order chi connectivity index (χ0) is 12.0. The summed E-state index contributed by atoms with van der Waals surface area (Å²) in [6, 6.07) is 4.09. The highest BCUT2D eigenvalue weighted by Crippen LogP contribution is 2.09. The molecule has 0 aliphatic carbocycles. The number of rotatable bonds is 5. The topological polar surface area (TPSA) is 95.2 Å². The molecule has 0 spiro atoms. The molecule has 0 aliphatic heterocycles. The number of pyridine rings is 1. The fourth-order valence-electron chi connectivity index (χ4n) is 1.12. The number of aromatic nitrogens is 1. The Kier molecular flexibility index (Phi) is 4.24. The number of nitrogens with one attached hydrogen (secondary N) is 1. The van der Waals surface area contributed by atoms with Crippen molar-refractivity contribution >= 4 is 11.7 Å². The standard InChI is InChI=1S/C10H11N3O3/c1-16-6-9(10(14)15)13-7-2-3-12-8(4-7)5-11/h2-4,9H,6H2,1H3,(H,12,13)(H,14,15). The Hall–Kier alpha value is -2.13. The van der Waals surface area contributed by atoms with Crippen LogP contribution in [0.1, 0.15) is 5.69 Å². The summed E-state index contributed by atoms with van der Waals surface area (Å²) in [5, 5.41) is 20.2. The second kappa shape index (κ2) is 5.68. The van der Waals surface area contributed by atoms with Gasteiger partial charge in [0.25, 0.3) is 0 Å². The Bertz CT molecular complexity index is 414. The quantitative estimate of drug-likeness (QED) is 0.750. The van der Waals surface area contributed by atoms with Crippen molar-refractivity contribution in [3.63, 3.8) is 0 Å². The number of anilines is 1. The van der Waals surface area contributed by atoms with Crippen LogP contribution in [0.15, 0.2) is 18.3 Å². The predicted octanol–water partition coefficient (Wildman–Crippen LogP) is 0.465. The number of carboxylic acid groups (broad SMARTS) is 1. The second-order valence-electron chi connectivity index (χ2n) is 3.03. The molecule has 0 aliphatic rings. The summed E-state index contributed by atoms with van der Waals surface area (Å²) in [6.07, 6.45) is 1.44. The van der Waals surface area contributed by atoms with Crippen molar-refractivity contribution in [3.05, 3.63) is 24.0 Å². The average Bonchev–Trinajstić information content (AvgIpc) is 2.28. The lowest BCUT2D eigenvalue weighted by molar-refractivity contribution is -0.139. The first kappa shape index (κ1) is 11.9. The second-order valence-corrected chi connectivity index (χ2v) is 3.03. The lowest BCUT2D eigenvalue weighted by atomic mass is 10.2. The molecule has 0 fully saturated rings. The first-order chi connectivity index (χ1) is 7.67. The molecule has 16 heavy (non-hydrogen) atoms. The van der Waals surface area contributed by atoms with Crippen molar-refractivity contribution in [2.45, 2.75) is 6.04 Å². The molecule has 1 atom stereocenters. The van der Waals surface area contributed by atoms with E-state index in [1.807, 2.05) is 6.07 Å². The maximum Gasteiger partial charge on any atom is 0.328 e. The van der Waals surface area contributed by atoms with E-state index in [-0.39, 0.29) is 12.3 Å². The molecule has 0 aromatic carbocycles. The highest BCUT2D eigenvalue weighted by atomic mass is 16.5. The number of hydrogen-bond donors (Lipinski definition) is 2. The average molecular weight is 221 g/mol. The van der Waals surface area contributed by atoms with Gasteiger partial charge in [-0.2, -0.15) is 5.26 Å². The van der Waals surface area contributed by atoms with E-state index in [2.05, 4.69) is 10.3 Å². The first-order valence-electron chi connectivity index (χ1n) is 4.52. The largest absolute Gasteiger partial charge is 0.480 e. The van der Waals surface area contributed by atoms with E-state index in [0.29, 0.717) is 5.69 Å². The molecular formula is C10H11N3O3. The highest BCUT2D eigenvalue weighted by molar-refractivity contribution is 5.77. The molecule has 1 unspecified atom stereocenters. The minimum atomic E-state index is -1.02. The van der Waals surface area contributed by atoms with Crippen LogP contribution in [0.4, 0.5) is 5.69 Å². The molecule has 1 aromatic rings. The number of carboxylic acids is 1. The van der Waals surface area contributed by atoms with E-state index < -0.39 is 12.0 Å². The molecule has 6 nitrogen and oxygen atoms in total. The van der Waals surface area contributed by atoms with Gasteiger partial charge in [-0.1, -0.05) is 0 Å². The van der Waals surface area contributed by atoms with Crippen LogP contribution in [-0.4, -0.2) is 35.8 Å². The van der Waals surface area contributed by atoms with Gasteiger partial charge in [0.05, 0.1) is 6.61 Å². The Balaban J connectivity index is 2.77. The Morgan fingerprint density at radius 2 is 2.56 bits per heavy atom. The third kappa shape index (κ3) is 3.22. The van der Waals surface area contributed by atoms with E-state index in [9.17, 15) is 4.79 Å². The van der Waals surface area contributed by atoms with Crippen molar-refractivity contribution in [1.82, 2.24) is 4.98 Å². The van der Waals surface area contributed by atoms with E-state index in [0.717, 1.165) is 0 Å². The zero-order valence-electron chi connectivity index (χ0n) is 8.67. The van der Waals surface area contributed by atoms with E-state index >= 15 is 0 Å². The molecule has 1 rings (SSSR count). The van der Waals surface area contributed by atoms with Gasteiger partial charge in [-0.25, -0.2) is 9.78 Å². The summed E-state index contributed by atoms with van der Waals surface area (Å²) >= 11 is 0. The minimum absolute atomic E-state index is 0.0412. The summed E-state index contributed by atoms with van der Waals surface area (Å²) in [5.41, 5.74) is 0.752. The molecule has 84 valence electrons. The van der Waals surface area contributed by atoms with Crippen molar-refractivity contribution in [1.29, 1.82) is 5.26 Å². The lowest BCUT2D eigenvalue weighted by Crippen LogP contribution is -2.33. The van der Waals surface area contributed by atoms with Gasteiger partial charge >= 0.3 is 5.97 Å². The SMILES string of the molecule is COCC(Nc1ccnc(C#N)c1)C(=O)O. The van der Waals surface area contributed by atoms with Crippen LogP contribution >= 0.6 is 0 Å². The smallest absolute Gasteiger partial charge is 0.328 e. The number of carbonyl (C=O) groups is 1. The highest BCUT2D eigenvalue weighted by Gasteiger charge is 2.16. The van der Waals surface area contributed by atoms with E-state index in [1.54, 1.807) is 6.07 Å². The van der Waals surface area contributed by atoms with Crippen molar-refractivity contribution in [2.75, 3.05) is 19.0 Å². The van der Waals surface area contributed by atoms with Gasteiger partial charge < -0.3 is 15.2 Å². The molecule has 0 amide bonds. The number of aliphatic carboxylic acids is 1. The summed E-state index contributed by atoms with van der Waals surface area (Å²) < 4.78 is 4.77. The summed E-state index contributed by atoms with van der Waals surface area (Å²) in [6.45, 7) is 0.0412. The molecule has 1 heterocycles. The molecule has 0 bridgehead atoms. The fraction of sp³-hybridized carbons (Fsp3) is 0.300. The lowest BCUT2D eigenvalue weighted by Gasteiger charge is -2.14.